The van der Waals surface area contributed by atoms with Crippen molar-refractivity contribution in [2.75, 3.05) is 13.1 Å². The first-order chi connectivity index (χ1) is 15.3. The van der Waals surface area contributed by atoms with Gasteiger partial charge in [-0.05, 0) is 62.2 Å². The van der Waals surface area contributed by atoms with Gasteiger partial charge < -0.3 is 9.64 Å². The molecule has 2 aromatic carbocycles. The number of hydrogen-bond acceptors (Lipinski definition) is 4. The number of amides is 1. The van der Waals surface area contributed by atoms with E-state index >= 15 is 0 Å². The van der Waals surface area contributed by atoms with Gasteiger partial charge in [0.15, 0.2) is 5.65 Å². The number of ether oxygens (including phenoxy) is 1. The Morgan fingerprint density at radius 1 is 1.06 bits per heavy atom. The van der Waals surface area contributed by atoms with Gasteiger partial charge in [0.25, 0.3) is 0 Å². The van der Waals surface area contributed by atoms with Gasteiger partial charge >= 0.3 is 11.8 Å². The third-order valence-corrected chi connectivity index (χ3v) is 5.80. The molecule has 1 aliphatic rings. The van der Waals surface area contributed by atoms with Gasteiger partial charge in [-0.15, -0.1) is 0 Å². The lowest BCUT2D eigenvalue weighted by molar-refractivity contribution is 0.0289. The van der Waals surface area contributed by atoms with Gasteiger partial charge in [0, 0.05) is 19.3 Å². The van der Waals surface area contributed by atoms with Crippen molar-refractivity contribution in [1.82, 2.24) is 19.0 Å². The van der Waals surface area contributed by atoms with E-state index < -0.39 is 5.60 Å². The van der Waals surface area contributed by atoms with E-state index in [9.17, 15) is 9.59 Å². The average Bonchev–Trinajstić information content (AvgIpc) is 3.34. The van der Waals surface area contributed by atoms with Crippen LogP contribution < -0.4 is 5.69 Å². The average molecular weight is 431 g/mol. The summed E-state index contributed by atoms with van der Waals surface area (Å²) in [5.41, 5.74) is 1.47. The van der Waals surface area contributed by atoms with E-state index in [4.69, 9.17) is 4.74 Å². The van der Waals surface area contributed by atoms with E-state index in [1.165, 1.54) is 0 Å². The Morgan fingerprint density at radius 2 is 1.84 bits per heavy atom. The molecule has 1 fully saturated rings. The molecule has 1 amide bonds. The molecule has 0 aliphatic carbocycles. The van der Waals surface area contributed by atoms with Crippen LogP contribution in [0.5, 0.6) is 0 Å². The maximum atomic E-state index is 13.7. The number of nitrogens with zero attached hydrogens (tertiary/aromatic N) is 4. The first-order valence-electron chi connectivity index (χ1n) is 10.9. The van der Waals surface area contributed by atoms with Crippen LogP contribution in [-0.2, 0) is 4.74 Å². The van der Waals surface area contributed by atoms with Crippen molar-refractivity contribution in [1.29, 1.82) is 0 Å². The van der Waals surface area contributed by atoms with Crippen molar-refractivity contribution in [2.24, 2.45) is 0 Å². The lowest BCUT2D eigenvalue weighted by atomic mass is 10.1. The van der Waals surface area contributed by atoms with Gasteiger partial charge in [0.05, 0.1) is 17.2 Å². The Kier molecular flexibility index (Phi) is 4.77. The molecule has 164 valence electrons. The highest BCUT2D eigenvalue weighted by Gasteiger charge is 2.33. The van der Waals surface area contributed by atoms with E-state index in [2.05, 4.69) is 11.1 Å². The number of benzene rings is 2. The predicted molar refractivity (Wildman–Crippen MR) is 124 cm³/mol. The number of aromatic nitrogens is 3. The molecule has 4 aromatic rings. The highest BCUT2D eigenvalue weighted by molar-refractivity contribution is 5.85. The lowest BCUT2D eigenvalue weighted by Crippen LogP contribution is -2.36. The molecule has 3 heterocycles. The third kappa shape index (κ3) is 3.53. The minimum atomic E-state index is -0.556. The Hall–Kier alpha value is -3.61. The van der Waals surface area contributed by atoms with E-state index in [-0.39, 0.29) is 17.8 Å². The molecule has 7 nitrogen and oxygen atoms in total. The van der Waals surface area contributed by atoms with Gasteiger partial charge in [-0.1, -0.05) is 30.3 Å². The molecule has 32 heavy (non-hydrogen) atoms. The summed E-state index contributed by atoms with van der Waals surface area (Å²) in [6.07, 6.45) is 2.02. The lowest BCUT2D eigenvalue weighted by Gasteiger charge is -2.24. The van der Waals surface area contributed by atoms with E-state index in [1.54, 1.807) is 20.2 Å². The smallest absolute Gasteiger partial charge is 0.410 e. The molecule has 2 aromatic heterocycles. The minimum absolute atomic E-state index is 0.148. The third-order valence-electron chi connectivity index (χ3n) is 5.80. The zero-order chi connectivity index (χ0) is 22.5. The number of likely N-dealkylation sites (tertiary alicyclic amines) is 1. The summed E-state index contributed by atoms with van der Waals surface area (Å²) in [5.74, 6) is 0. The Balaban J connectivity index is 1.56. The molecule has 1 atom stereocenters. The summed E-state index contributed by atoms with van der Waals surface area (Å²) in [6.45, 7) is 6.52. The molecule has 1 aliphatic heterocycles. The van der Waals surface area contributed by atoms with Gasteiger partial charge in [0.2, 0.25) is 0 Å². The molecule has 5 rings (SSSR count). The number of pyridine rings is 1. The van der Waals surface area contributed by atoms with Gasteiger partial charge in [-0.2, -0.15) is 0 Å². The zero-order valence-corrected chi connectivity index (χ0v) is 18.5. The molecule has 0 saturated carbocycles. The van der Waals surface area contributed by atoms with Crippen molar-refractivity contribution < 1.29 is 9.53 Å². The minimum Gasteiger partial charge on any atom is -0.444 e. The highest BCUT2D eigenvalue weighted by Crippen LogP contribution is 2.27. The maximum Gasteiger partial charge on any atom is 0.410 e. The quantitative estimate of drug-likeness (QED) is 0.469. The van der Waals surface area contributed by atoms with Crippen LogP contribution >= 0.6 is 0 Å². The molecule has 0 radical (unpaired) electrons. The Morgan fingerprint density at radius 3 is 2.62 bits per heavy atom. The predicted octanol–water partition coefficient (Wildman–Crippen LogP) is 4.52. The molecule has 7 heteroatoms. The molecular formula is C25H26N4O3. The number of fused-ring (bicyclic) bond motifs is 2. The topological polar surface area (TPSA) is 69.4 Å². The largest absolute Gasteiger partial charge is 0.444 e. The van der Waals surface area contributed by atoms with E-state index in [1.807, 2.05) is 69.3 Å². The Labute approximate surface area is 185 Å². The Bertz CT molecular complexity index is 1380. The number of rotatable bonds is 2. The van der Waals surface area contributed by atoms with Gasteiger partial charge in [0.1, 0.15) is 5.60 Å². The summed E-state index contributed by atoms with van der Waals surface area (Å²) in [7, 11) is 0. The summed E-state index contributed by atoms with van der Waals surface area (Å²) in [4.78, 5) is 32.4. The number of carbonyl (C=O) groups excluding carboxylic acids is 1. The first-order valence-corrected chi connectivity index (χ1v) is 10.9. The first kappa shape index (κ1) is 20.3. The van der Waals surface area contributed by atoms with Crippen molar-refractivity contribution in [3.63, 3.8) is 0 Å². The van der Waals surface area contributed by atoms with E-state index in [0.29, 0.717) is 25.2 Å². The highest BCUT2D eigenvalue weighted by atomic mass is 16.6. The molecular weight excluding hydrogens is 404 g/mol. The van der Waals surface area contributed by atoms with Crippen LogP contribution in [0, 0.1) is 0 Å². The van der Waals surface area contributed by atoms with Crippen molar-refractivity contribution in [3.8, 4) is 5.69 Å². The number of hydrogen-bond donors (Lipinski definition) is 0. The summed E-state index contributed by atoms with van der Waals surface area (Å²) < 4.78 is 8.96. The summed E-state index contributed by atoms with van der Waals surface area (Å²) >= 11 is 0. The van der Waals surface area contributed by atoms with Crippen LogP contribution in [0.4, 0.5) is 4.79 Å². The van der Waals surface area contributed by atoms with Crippen LogP contribution in [-0.4, -0.2) is 43.8 Å². The summed E-state index contributed by atoms with van der Waals surface area (Å²) in [5, 5.41) is 2.19. The fourth-order valence-electron chi connectivity index (χ4n) is 4.39. The second kappa shape index (κ2) is 7.51. The molecule has 0 bridgehead atoms. The molecule has 1 saturated heterocycles. The van der Waals surface area contributed by atoms with Gasteiger partial charge in [-0.3, -0.25) is 9.13 Å². The second-order valence-corrected chi connectivity index (χ2v) is 9.23. The molecule has 0 unspecified atom stereocenters. The van der Waals surface area contributed by atoms with Crippen LogP contribution in [0.15, 0.2) is 65.6 Å². The second-order valence-electron chi connectivity index (χ2n) is 9.23. The fourth-order valence-corrected chi connectivity index (χ4v) is 4.39. The maximum absolute atomic E-state index is 13.7. The SMILES string of the molecule is CC(C)(C)OC(=O)N1CC[C@H](n2c(=O)n(-c3ccc4ccccc4c3)c3cccnc32)C1. The van der Waals surface area contributed by atoms with Crippen molar-refractivity contribution >= 4 is 28.0 Å². The van der Waals surface area contributed by atoms with Gasteiger partial charge in [-0.25, -0.2) is 14.6 Å². The standard InChI is InChI=1S/C25H26N4O3/c1-25(2,3)32-24(31)27-14-12-20(16-27)29-22-21(9-6-13-26-22)28(23(29)30)19-11-10-17-7-4-5-8-18(17)15-19/h4-11,13,15,20H,12,14,16H2,1-3H3/t20-/m0/s1. The number of carbonyl (C=O) groups is 1. The zero-order valence-electron chi connectivity index (χ0n) is 18.5. The molecule has 0 spiro atoms. The fraction of sp³-hybridized carbons (Fsp3) is 0.320. The van der Waals surface area contributed by atoms with Crippen molar-refractivity contribution in [2.45, 2.75) is 38.8 Å². The van der Waals surface area contributed by atoms with Crippen LogP contribution in [0.2, 0.25) is 0 Å². The molecule has 0 N–H and O–H groups in total. The summed E-state index contributed by atoms with van der Waals surface area (Å²) in [6, 6.07) is 17.7. The van der Waals surface area contributed by atoms with Crippen LogP contribution in [0.3, 0.4) is 0 Å². The number of imidazole rings is 1. The van der Waals surface area contributed by atoms with E-state index in [0.717, 1.165) is 22.0 Å². The van der Waals surface area contributed by atoms with Crippen LogP contribution in [0.25, 0.3) is 27.6 Å². The monoisotopic (exact) mass is 430 g/mol. The van der Waals surface area contributed by atoms with Crippen molar-refractivity contribution in [3.05, 3.63) is 71.3 Å². The normalized spacial score (nSPS) is 16.7. The van der Waals surface area contributed by atoms with Crippen LogP contribution in [0.1, 0.15) is 33.2 Å².